The van der Waals surface area contributed by atoms with Gasteiger partial charge in [-0.2, -0.15) is 0 Å². The van der Waals surface area contributed by atoms with Gasteiger partial charge in [-0.25, -0.2) is 8.78 Å². The maximum Gasteiger partial charge on any atom is 0.299 e. The van der Waals surface area contributed by atoms with E-state index in [1.807, 2.05) is 0 Å². The van der Waals surface area contributed by atoms with Crippen molar-refractivity contribution in [2.75, 3.05) is 18.1 Å². The van der Waals surface area contributed by atoms with Crippen LogP contribution in [0.25, 0.3) is 0 Å². The summed E-state index contributed by atoms with van der Waals surface area (Å²) in [4.78, 5) is 24.8. The van der Waals surface area contributed by atoms with Crippen LogP contribution in [0.3, 0.4) is 0 Å². The maximum atomic E-state index is 13.9. The molecule has 112 valence electrons. The molecule has 1 unspecified atom stereocenters. The molecule has 21 heavy (non-hydrogen) atoms. The lowest BCUT2D eigenvalue weighted by Crippen LogP contribution is -2.31. The van der Waals surface area contributed by atoms with Crippen LogP contribution in [0, 0.1) is 11.6 Å². The SMILES string of the molecule is O=C1C(=O)N(CCCC2CCCO2)c2c(F)cc(F)cc21. The van der Waals surface area contributed by atoms with Crippen molar-refractivity contribution >= 4 is 17.4 Å². The van der Waals surface area contributed by atoms with Gasteiger partial charge in [-0.1, -0.05) is 0 Å². The average Bonchev–Trinajstić information content (AvgIpc) is 3.02. The van der Waals surface area contributed by atoms with Crippen molar-refractivity contribution < 1.29 is 23.1 Å². The number of carbonyl (C=O) groups is 2. The minimum atomic E-state index is -0.874. The number of halogens is 2. The molecule has 1 saturated heterocycles. The first-order chi connectivity index (χ1) is 10.1. The Morgan fingerprint density at radius 3 is 2.81 bits per heavy atom. The fraction of sp³-hybridized carbons (Fsp3) is 0.467. The summed E-state index contributed by atoms with van der Waals surface area (Å²) in [7, 11) is 0. The van der Waals surface area contributed by atoms with E-state index in [-0.39, 0.29) is 23.9 Å². The van der Waals surface area contributed by atoms with Crippen LogP contribution in [0.5, 0.6) is 0 Å². The quantitative estimate of drug-likeness (QED) is 0.802. The van der Waals surface area contributed by atoms with Gasteiger partial charge >= 0.3 is 0 Å². The third-order valence-electron chi connectivity index (χ3n) is 3.91. The molecule has 1 aromatic rings. The minimum absolute atomic E-state index is 0.0984. The topological polar surface area (TPSA) is 46.6 Å². The number of nitrogens with zero attached hydrogens (tertiary/aromatic N) is 1. The highest BCUT2D eigenvalue weighted by molar-refractivity contribution is 6.52. The summed E-state index contributed by atoms with van der Waals surface area (Å²) >= 11 is 0. The van der Waals surface area contributed by atoms with Gasteiger partial charge in [-0.3, -0.25) is 9.59 Å². The number of ketones is 1. The van der Waals surface area contributed by atoms with Crippen LogP contribution in [0.1, 0.15) is 36.0 Å². The molecule has 2 aliphatic rings. The largest absolute Gasteiger partial charge is 0.378 e. The molecule has 0 radical (unpaired) electrons. The Labute approximate surface area is 120 Å². The average molecular weight is 295 g/mol. The van der Waals surface area contributed by atoms with Crippen molar-refractivity contribution in [1.29, 1.82) is 0 Å². The van der Waals surface area contributed by atoms with Gasteiger partial charge in [0, 0.05) is 19.2 Å². The summed E-state index contributed by atoms with van der Waals surface area (Å²) in [5, 5.41) is 0. The number of fused-ring (bicyclic) bond motifs is 1. The second-order valence-corrected chi connectivity index (χ2v) is 5.35. The zero-order valence-corrected chi connectivity index (χ0v) is 11.4. The van der Waals surface area contributed by atoms with E-state index in [1.165, 1.54) is 0 Å². The third kappa shape index (κ3) is 2.55. The van der Waals surface area contributed by atoms with Crippen LogP contribution >= 0.6 is 0 Å². The fourth-order valence-corrected chi connectivity index (χ4v) is 2.92. The normalized spacial score (nSPS) is 21.2. The van der Waals surface area contributed by atoms with Crippen LogP contribution in [0.2, 0.25) is 0 Å². The van der Waals surface area contributed by atoms with Crippen LogP contribution in [-0.2, 0) is 9.53 Å². The summed E-state index contributed by atoms with van der Waals surface area (Å²) in [6, 6.07) is 1.61. The molecule has 1 amide bonds. The van der Waals surface area contributed by atoms with E-state index >= 15 is 0 Å². The zero-order chi connectivity index (χ0) is 15.0. The lowest BCUT2D eigenvalue weighted by molar-refractivity contribution is -0.114. The van der Waals surface area contributed by atoms with Gasteiger partial charge in [0.25, 0.3) is 11.7 Å². The number of hydrogen-bond acceptors (Lipinski definition) is 3. The molecule has 0 aromatic heterocycles. The van der Waals surface area contributed by atoms with Gasteiger partial charge in [0.2, 0.25) is 0 Å². The van der Waals surface area contributed by atoms with Gasteiger partial charge in [0.1, 0.15) is 5.82 Å². The molecular weight excluding hydrogens is 280 g/mol. The van der Waals surface area contributed by atoms with Crippen molar-refractivity contribution in [1.82, 2.24) is 0 Å². The van der Waals surface area contributed by atoms with Gasteiger partial charge in [-0.05, 0) is 31.7 Å². The molecule has 2 heterocycles. The Hall–Kier alpha value is -1.82. The molecule has 1 fully saturated rings. The first-order valence-electron chi connectivity index (χ1n) is 7.05. The Balaban J connectivity index is 1.74. The first kappa shape index (κ1) is 14.1. The Kier molecular flexibility index (Phi) is 3.71. The van der Waals surface area contributed by atoms with E-state index in [0.717, 1.165) is 36.8 Å². The van der Waals surface area contributed by atoms with Crippen molar-refractivity contribution in [3.8, 4) is 0 Å². The molecule has 0 bridgehead atoms. The predicted octanol–water partition coefficient (Wildman–Crippen LogP) is 2.45. The summed E-state index contributed by atoms with van der Waals surface area (Å²) in [5.74, 6) is -3.36. The predicted molar refractivity (Wildman–Crippen MR) is 71.2 cm³/mol. The second kappa shape index (κ2) is 5.52. The fourth-order valence-electron chi connectivity index (χ4n) is 2.92. The molecule has 0 saturated carbocycles. The van der Waals surface area contributed by atoms with Gasteiger partial charge in [0.15, 0.2) is 5.82 Å². The molecule has 1 atom stereocenters. The zero-order valence-electron chi connectivity index (χ0n) is 11.4. The maximum absolute atomic E-state index is 13.9. The lowest BCUT2D eigenvalue weighted by atomic mass is 10.1. The third-order valence-corrected chi connectivity index (χ3v) is 3.91. The molecule has 4 nitrogen and oxygen atoms in total. The smallest absolute Gasteiger partial charge is 0.299 e. The number of ether oxygens (including phenoxy) is 1. The Morgan fingerprint density at radius 1 is 1.29 bits per heavy atom. The van der Waals surface area contributed by atoms with Crippen molar-refractivity contribution in [2.45, 2.75) is 31.8 Å². The number of amides is 1. The molecule has 1 aromatic carbocycles. The number of anilines is 1. The van der Waals surface area contributed by atoms with Crippen LogP contribution in [0.4, 0.5) is 14.5 Å². The summed E-state index contributed by atoms with van der Waals surface area (Å²) in [6.07, 6.45) is 3.57. The molecule has 3 rings (SSSR count). The van der Waals surface area contributed by atoms with Crippen LogP contribution in [-0.4, -0.2) is 30.9 Å². The standard InChI is InChI=1S/C15H15F2NO3/c16-9-7-11-13(12(17)8-9)18(15(20)14(11)19)5-1-3-10-4-2-6-21-10/h7-8,10H,1-6H2. The van der Waals surface area contributed by atoms with Crippen molar-refractivity contribution in [3.05, 3.63) is 29.3 Å². The van der Waals surface area contributed by atoms with E-state index in [9.17, 15) is 18.4 Å². The highest BCUT2D eigenvalue weighted by Gasteiger charge is 2.38. The molecule has 2 aliphatic heterocycles. The summed E-state index contributed by atoms with van der Waals surface area (Å²) in [5.41, 5.74) is -0.284. The molecule has 0 spiro atoms. The monoisotopic (exact) mass is 295 g/mol. The van der Waals surface area contributed by atoms with E-state index < -0.39 is 23.3 Å². The van der Waals surface area contributed by atoms with Gasteiger partial charge < -0.3 is 9.64 Å². The molecule has 0 aliphatic carbocycles. The molecule has 6 heteroatoms. The molecule has 0 N–H and O–H groups in total. The number of Topliss-reactive ketones (excluding diaryl/α,β-unsaturated/α-hetero) is 1. The summed E-state index contributed by atoms with van der Waals surface area (Å²) in [6.45, 7) is 0.989. The second-order valence-electron chi connectivity index (χ2n) is 5.35. The molecular formula is C15H15F2NO3. The number of rotatable bonds is 4. The van der Waals surface area contributed by atoms with E-state index in [1.54, 1.807) is 0 Å². The highest BCUT2D eigenvalue weighted by atomic mass is 19.1. The highest BCUT2D eigenvalue weighted by Crippen LogP contribution is 2.33. The van der Waals surface area contributed by atoms with Crippen LogP contribution in [0.15, 0.2) is 12.1 Å². The summed E-state index contributed by atoms with van der Waals surface area (Å²) < 4.78 is 32.5. The van der Waals surface area contributed by atoms with Crippen LogP contribution < -0.4 is 4.90 Å². The number of benzene rings is 1. The van der Waals surface area contributed by atoms with E-state index in [2.05, 4.69) is 0 Å². The Bertz CT molecular complexity index is 597. The van der Waals surface area contributed by atoms with Crippen molar-refractivity contribution in [3.63, 3.8) is 0 Å². The van der Waals surface area contributed by atoms with E-state index in [0.29, 0.717) is 12.5 Å². The number of carbonyl (C=O) groups excluding carboxylic acids is 2. The minimum Gasteiger partial charge on any atom is -0.378 e. The van der Waals surface area contributed by atoms with E-state index in [4.69, 9.17) is 4.74 Å². The lowest BCUT2D eigenvalue weighted by Gasteiger charge is -2.18. The van der Waals surface area contributed by atoms with Gasteiger partial charge in [-0.15, -0.1) is 0 Å². The van der Waals surface area contributed by atoms with Crippen molar-refractivity contribution in [2.24, 2.45) is 0 Å². The van der Waals surface area contributed by atoms with Gasteiger partial charge in [0.05, 0.1) is 17.4 Å². The Morgan fingerprint density at radius 2 is 2.10 bits per heavy atom. The number of hydrogen-bond donors (Lipinski definition) is 0. The first-order valence-corrected chi connectivity index (χ1v) is 7.05.